The highest BCUT2D eigenvalue weighted by molar-refractivity contribution is 6.02. The van der Waals surface area contributed by atoms with Crippen molar-refractivity contribution in [1.82, 2.24) is 5.32 Å². The van der Waals surface area contributed by atoms with E-state index in [1.54, 1.807) is 0 Å². The van der Waals surface area contributed by atoms with Gasteiger partial charge in [0.15, 0.2) is 0 Å². The van der Waals surface area contributed by atoms with E-state index in [0.29, 0.717) is 37.4 Å². The zero-order chi connectivity index (χ0) is 21.6. The molecule has 0 saturated carbocycles. The number of benzene rings is 1. The third-order valence-corrected chi connectivity index (χ3v) is 5.43. The fraction of sp³-hybridized carbons (Fsp3) is 0.667. The van der Waals surface area contributed by atoms with Gasteiger partial charge in [-0.25, -0.2) is 0 Å². The predicted molar refractivity (Wildman–Crippen MR) is 123 cm³/mol. The van der Waals surface area contributed by atoms with E-state index in [-0.39, 0.29) is 11.8 Å². The number of amides is 2. The Morgan fingerprint density at radius 3 is 2.57 bits per heavy atom. The normalized spacial score (nSPS) is 13.9. The summed E-state index contributed by atoms with van der Waals surface area (Å²) in [6, 6.07) is 5.72. The number of anilines is 2. The van der Waals surface area contributed by atoms with E-state index in [1.807, 2.05) is 25.1 Å². The summed E-state index contributed by atoms with van der Waals surface area (Å²) >= 11 is 0. The standard InChI is InChI=1S/C24H39N3O3/c1-3-5-6-8-12-23(28)26-20-13-14-22(27-16-9-7-10-17-27)21(19-20)24(29)25-15-11-18-30-4-2/h13-14,19H,3-12,15-18H2,1-2H3,(H,25,29)(H,26,28). The van der Waals surface area contributed by atoms with Crippen LogP contribution in [0.5, 0.6) is 0 Å². The monoisotopic (exact) mass is 417 g/mol. The summed E-state index contributed by atoms with van der Waals surface area (Å²) in [5.41, 5.74) is 2.28. The molecule has 30 heavy (non-hydrogen) atoms. The van der Waals surface area contributed by atoms with Crippen LogP contribution in [0.15, 0.2) is 18.2 Å². The highest BCUT2D eigenvalue weighted by atomic mass is 16.5. The molecule has 6 nitrogen and oxygen atoms in total. The van der Waals surface area contributed by atoms with Crippen LogP contribution < -0.4 is 15.5 Å². The van der Waals surface area contributed by atoms with Crippen molar-refractivity contribution in [1.29, 1.82) is 0 Å². The van der Waals surface area contributed by atoms with Crippen molar-refractivity contribution < 1.29 is 14.3 Å². The zero-order valence-corrected chi connectivity index (χ0v) is 18.8. The molecule has 0 unspecified atom stereocenters. The molecule has 0 radical (unpaired) electrons. The van der Waals surface area contributed by atoms with Crippen molar-refractivity contribution in [2.24, 2.45) is 0 Å². The topological polar surface area (TPSA) is 70.7 Å². The first kappa shape index (κ1) is 24.2. The summed E-state index contributed by atoms with van der Waals surface area (Å²) in [5.74, 6) is -0.0778. The van der Waals surface area contributed by atoms with E-state index in [1.165, 1.54) is 6.42 Å². The number of hydrogen-bond acceptors (Lipinski definition) is 4. The average molecular weight is 418 g/mol. The van der Waals surface area contributed by atoms with Gasteiger partial charge in [-0.3, -0.25) is 9.59 Å². The summed E-state index contributed by atoms with van der Waals surface area (Å²) in [4.78, 5) is 27.5. The van der Waals surface area contributed by atoms with Crippen LogP contribution in [0.2, 0.25) is 0 Å². The smallest absolute Gasteiger partial charge is 0.253 e. The molecule has 1 aromatic carbocycles. The van der Waals surface area contributed by atoms with Crippen LogP contribution in [-0.4, -0.2) is 44.7 Å². The molecule has 2 amide bonds. The Balaban J connectivity index is 2.04. The van der Waals surface area contributed by atoms with Gasteiger partial charge in [-0.1, -0.05) is 26.2 Å². The van der Waals surface area contributed by atoms with Crippen molar-refractivity contribution in [2.45, 2.75) is 71.6 Å². The van der Waals surface area contributed by atoms with Gasteiger partial charge in [-0.2, -0.15) is 0 Å². The summed E-state index contributed by atoms with van der Waals surface area (Å²) in [6.45, 7) is 7.96. The van der Waals surface area contributed by atoms with Gasteiger partial charge >= 0.3 is 0 Å². The lowest BCUT2D eigenvalue weighted by Gasteiger charge is -2.30. The minimum Gasteiger partial charge on any atom is -0.382 e. The van der Waals surface area contributed by atoms with Gasteiger partial charge in [0.1, 0.15) is 0 Å². The largest absolute Gasteiger partial charge is 0.382 e. The number of carbonyl (C=O) groups excluding carboxylic acids is 2. The van der Waals surface area contributed by atoms with Crippen LogP contribution in [0, 0.1) is 0 Å². The lowest BCUT2D eigenvalue weighted by molar-refractivity contribution is -0.116. The minimum absolute atomic E-state index is 0.0138. The summed E-state index contributed by atoms with van der Waals surface area (Å²) < 4.78 is 5.34. The van der Waals surface area contributed by atoms with Crippen molar-refractivity contribution >= 4 is 23.2 Å². The van der Waals surface area contributed by atoms with Crippen LogP contribution in [0.25, 0.3) is 0 Å². The number of rotatable bonds is 13. The second-order valence-corrected chi connectivity index (χ2v) is 7.94. The van der Waals surface area contributed by atoms with Crippen LogP contribution in [0.3, 0.4) is 0 Å². The molecule has 0 aromatic heterocycles. The molecule has 1 fully saturated rings. The fourth-order valence-corrected chi connectivity index (χ4v) is 3.76. The SMILES string of the molecule is CCCCCCC(=O)Nc1ccc(N2CCCCC2)c(C(=O)NCCCOCC)c1. The Hall–Kier alpha value is -2.08. The van der Waals surface area contributed by atoms with Gasteiger partial charge in [0, 0.05) is 50.6 Å². The second kappa shape index (κ2) is 14.0. The fourth-order valence-electron chi connectivity index (χ4n) is 3.76. The van der Waals surface area contributed by atoms with Crippen molar-refractivity contribution in [2.75, 3.05) is 43.1 Å². The van der Waals surface area contributed by atoms with Gasteiger partial charge in [-0.05, 0) is 57.2 Å². The molecule has 0 spiro atoms. The van der Waals surface area contributed by atoms with Gasteiger partial charge in [-0.15, -0.1) is 0 Å². The molecule has 1 aromatic rings. The Morgan fingerprint density at radius 2 is 1.83 bits per heavy atom. The first-order chi connectivity index (χ1) is 14.7. The van der Waals surface area contributed by atoms with E-state index < -0.39 is 0 Å². The molecule has 6 heteroatoms. The summed E-state index contributed by atoms with van der Waals surface area (Å²) in [5, 5.41) is 5.98. The highest BCUT2D eigenvalue weighted by Gasteiger charge is 2.19. The maximum atomic E-state index is 12.9. The lowest BCUT2D eigenvalue weighted by atomic mass is 10.1. The minimum atomic E-state index is -0.0916. The van der Waals surface area contributed by atoms with Gasteiger partial charge < -0.3 is 20.3 Å². The maximum absolute atomic E-state index is 12.9. The third-order valence-electron chi connectivity index (χ3n) is 5.43. The highest BCUT2D eigenvalue weighted by Crippen LogP contribution is 2.27. The third kappa shape index (κ3) is 8.34. The molecular weight excluding hydrogens is 378 g/mol. The van der Waals surface area contributed by atoms with Crippen molar-refractivity contribution in [3.63, 3.8) is 0 Å². The van der Waals surface area contributed by atoms with Gasteiger partial charge in [0.05, 0.1) is 5.56 Å². The molecule has 1 saturated heterocycles. The Bertz CT molecular complexity index is 657. The van der Waals surface area contributed by atoms with Crippen LogP contribution in [0.4, 0.5) is 11.4 Å². The van der Waals surface area contributed by atoms with E-state index >= 15 is 0 Å². The van der Waals surface area contributed by atoms with Gasteiger partial charge in [0.25, 0.3) is 5.91 Å². The van der Waals surface area contributed by atoms with Crippen molar-refractivity contribution in [3.8, 4) is 0 Å². The summed E-state index contributed by atoms with van der Waals surface area (Å²) in [7, 11) is 0. The van der Waals surface area contributed by atoms with E-state index in [9.17, 15) is 9.59 Å². The van der Waals surface area contributed by atoms with E-state index in [0.717, 1.165) is 63.7 Å². The molecule has 168 valence electrons. The Morgan fingerprint density at radius 1 is 1.03 bits per heavy atom. The van der Waals surface area contributed by atoms with Crippen molar-refractivity contribution in [3.05, 3.63) is 23.8 Å². The van der Waals surface area contributed by atoms with Gasteiger partial charge in [0.2, 0.25) is 5.91 Å². The van der Waals surface area contributed by atoms with Crippen LogP contribution >= 0.6 is 0 Å². The Labute approximate surface area is 181 Å². The number of nitrogens with one attached hydrogen (secondary N) is 2. The molecule has 0 atom stereocenters. The number of hydrogen-bond donors (Lipinski definition) is 2. The van der Waals surface area contributed by atoms with Crippen LogP contribution in [0.1, 0.15) is 82.0 Å². The second-order valence-electron chi connectivity index (χ2n) is 7.94. The quantitative estimate of drug-likeness (QED) is 0.455. The van der Waals surface area contributed by atoms with E-state index in [2.05, 4.69) is 22.5 Å². The zero-order valence-electron chi connectivity index (χ0n) is 18.8. The maximum Gasteiger partial charge on any atom is 0.253 e. The Kier molecular flexibility index (Phi) is 11.3. The molecule has 2 rings (SSSR count). The van der Waals surface area contributed by atoms with Crippen LogP contribution in [-0.2, 0) is 9.53 Å². The number of carbonyl (C=O) groups is 2. The first-order valence-corrected chi connectivity index (χ1v) is 11.7. The summed E-state index contributed by atoms with van der Waals surface area (Å²) in [6.07, 6.45) is 9.12. The lowest BCUT2D eigenvalue weighted by Crippen LogP contribution is -2.33. The predicted octanol–water partition coefficient (Wildman–Crippen LogP) is 4.74. The first-order valence-electron chi connectivity index (χ1n) is 11.7. The molecule has 1 aliphatic heterocycles. The molecule has 1 aliphatic rings. The number of piperidine rings is 1. The van der Waals surface area contributed by atoms with E-state index in [4.69, 9.17) is 4.74 Å². The average Bonchev–Trinajstić information content (AvgIpc) is 2.77. The molecule has 2 N–H and O–H groups in total. The molecule has 1 heterocycles. The molecule has 0 aliphatic carbocycles. The number of ether oxygens (including phenoxy) is 1. The molecule has 0 bridgehead atoms. The molecular formula is C24H39N3O3. The number of unbranched alkanes of at least 4 members (excludes halogenated alkanes) is 3. The number of nitrogens with zero attached hydrogens (tertiary/aromatic N) is 1.